The van der Waals surface area contributed by atoms with E-state index in [1.54, 1.807) is 10.9 Å². The van der Waals surface area contributed by atoms with Gasteiger partial charge in [-0.05, 0) is 62.6 Å². The minimum atomic E-state index is -0.934. The Hall–Kier alpha value is -4.57. The van der Waals surface area contributed by atoms with Gasteiger partial charge in [-0.25, -0.2) is 9.97 Å². The van der Waals surface area contributed by atoms with Gasteiger partial charge in [-0.2, -0.15) is 15.3 Å². The molecule has 1 aliphatic heterocycles. The first-order valence-corrected chi connectivity index (χ1v) is 16.1. The molecule has 2 aliphatic rings. The van der Waals surface area contributed by atoms with Crippen molar-refractivity contribution in [3.8, 4) is 17.2 Å². The Morgan fingerprint density at radius 2 is 1.87 bits per heavy atom. The summed E-state index contributed by atoms with van der Waals surface area (Å²) in [7, 11) is 1.89. The molecule has 4 unspecified atom stereocenters. The number of hydrogen-bond donors (Lipinski definition) is 4. The van der Waals surface area contributed by atoms with Gasteiger partial charge in [-0.3, -0.25) is 10.00 Å². The standard InChI is InChI=1S/C34H42N10O2/c1-42-22-27(21-39-42)25-12-15-31(36-19-25)44(34(46)38-18-24-7-3-2-4-8-24)29-10-5-9-28(13-14-29)40-33-37-20-26(17-35)32(41-33)43-16-6-11-30(43)23-45/h2-4,7-8,12,15,19-22,28-30,34,38,45-46H,5-6,9-11,13-14,16,18,23H2,1H3,(H,37,40,41). The summed E-state index contributed by atoms with van der Waals surface area (Å²) in [6.45, 7) is 1.32. The molecule has 1 aliphatic carbocycles. The van der Waals surface area contributed by atoms with Crippen molar-refractivity contribution < 1.29 is 10.2 Å². The van der Waals surface area contributed by atoms with Crippen LogP contribution in [0, 0.1) is 11.3 Å². The third kappa shape index (κ3) is 7.28. The average molecular weight is 623 g/mol. The predicted octanol–water partition coefficient (Wildman–Crippen LogP) is 3.79. The van der Waals surface area contributed by atoms with Crippen LogP contribution in [0.5, 0.6) is 0 Å². The van der Waals surface area contributed by atoms with E-state index >= 15 is 0 Å². The Bertz CT molecular complexity index is 1610. The summed E-state index contributed by atoms with van der Waals surface area (Å²) in [6, 6.07) is 16.4. The van der Waals surface area contributed by atoms with Crippen LogP contribution in [-0.4, -0.2) is 72.6 Å². The number of nitrogens with zero attached hydrogens (tertiary/aromatic N) is 8. The number of anilines is 3. The molecule has 4 heterocycles. The van der Waals surface area contributed by atoms with Crippen molar-refractivity contribution in [1.82, 2.24) is 30.0 Å². The minimum Gasteiger partial charge on any atom is -0.394 e. The number of rotatable bonds is 11. The first-order valence-electron chi connectivity index (χ1n) is 16.1. The van der Waals surface area contributed by atoms with E-state index in [0.29, 0.717) is 29.7 Å². The summed E-state index contributed by atoms with van der Waals surface area (Å²) in [6.07, 6.45) is 12.5. The van der Waals surface area contributed by atoms with Crippen molar-refractivity contribution in [3.05, 3.63) is 78.4 Å². The molecule has 240 valence electrons. The van der Waals surface area contributed by atoms with Gasteiger partial charge < -0.3 is 25.3 Å². The predicted molar refractivity (Wildman–Crippen MR) is 177 cm³/mol. The lowest BCUT2D eigenvalue weighted by Gasteiger charge is -2.36. The van der Waals surface area contributed by atoms with Crippen LogP contribution >= 0.6 is 0 Å². The fourth-order valence-corrected chi connectivity index (χ4v) is 6.63. The molecule has 4 atom stereocenters. The molecule has 0 amide bonds. The molecule has 12 nitrogen and oxygen atoms in total. The maximum absolute atomic E-state index is 11.6. The molecule has 0 radical (unpaired) electrons. The lowest BCUT2D eigenvalue weighted by Crippen LogP contribution is -2.51. The SMILES string of the molecule is Cn1cc(-c2ccc(N(C3CCCC(Nc4ncc(C#N)c(N5CCCC5CO)n4)CC3)C(O)NCc3ccccc3)nc2)cn1. The molecule has 6 rings (SSSR count). The maximum Gasteiger partial charge on any atom is 0.224 e. The van der Waals surface area contributed by atoms with E-state index in [2.05, 4.69) is 26.8 Å². The topological polar surface area (TPSA) is 151 Å². The first-order chi connectivity index (χ1) is 22.5. The zero-order valence-electron chi connectivity index (χ0n) is 26.2. The highest BCUT2D eigenvalue weighted by atomic mass is 16.3. The summed E-state index contributed by atoms with van der Waals surface area (Å²) < 4.78 is 1.77. The van der Waals surface area contributed by atoms with Gasteiger partial charge >= 0.3 is 0 Å². The number of nitriles is 1. The smallest absolute Gasteiger partial charge is 0.224 e. The molecular weight excluding hydrogens is 580 g/mol. The number of hydrogen-bond acceptors (Lipinski definition) is 11. The van der Waals surface area contributed by atoms with Gasteiger partial charge in [-0.15, -0.1) is 0 Å². The average Bonchev–Trinajstić information content (AvgIpc) is 3.69. The summed E-state index contributed by atoms with van der Waals surface area (Å²) in [5, 5.41) is 42.2. The largest absolute Gasteiger partial charge is 0.394 e. The summed E-state index contributed by atoms with van der Waals surface area (Å²) >= 11 is 0. The van der Waals surface area contributed by atoms with E-state index in [9.17, 15) is 15.5 Å². The third-order valence-corrected chi connectivity index (χ3v) is 9.06. The van der Waals surface area contributed by atoms with Gasteiger partial charge in [0.05, 0.1) is 25.0 Å². The number of aliphatic hydroxyl groups excluding tert-OH is 2. The van der Waals surface area contributed by atoms with Crippen molar-refractivity contribution in [1.29, 1.82) is 5.26 Å². The third-order valence-electron chi connectivity index (χ3n) is 9.06. The second kappa shape index (κ2) is 14.7. The monoisotopic (exact) mass is 622 g/mol. The van der Waals surface area contributed by atoms with Crippen LogP contribution in [0.1, 0.15) is 56.1 Å². The van der Waals surface area contributed by atoms with Crippen molar-refractivity contribution >= 4 is 17.6 Å². The number of nitrogens with one attached hydrogen (secondary N) is 2. The molecule has 2 fully saturated rings. The fourth-order valence-electron chi connectivity index (χ4n) is 6.63. The number of aryl methyl sites for hydroxylation is 1. The highest BCUT2D eigenvalue weighted by molar-refractivity contribution is 5.62. The van der Waals surface area contributed by atoms with Gasteiger partial charge in [0.2, 0.25) is 5.95 Å². The Kier molecular flexibility index (Phi) is 10.0. The van der Waals surface area contributed by atoms with Crippen LogP contribution in [0.2, 0.25) is 0 Å². The maximum atomic E-state index is 11.6. The van der Waals surface area contributed by atoms with E-state index in [4.69, 9.17) is 9.97 Å². The Morgan fingerprint density at radius 1 is 1.00 bits per heavy atom. The molecule has 4 N–H and O–H groups in total. The fraction of sp³-hybridized carbons (Fsp3) is 0.441. The number of aromatic nitrogens is 5. The van der Waals surface area contributed by atoms with Crippen LogP contribution in [0.15, 0.2) is 67.3 Å². The molecule has 1 aromatic carbocycles. The van der Waals surface area contributed by atoms with E-state index in [1.165, 1.54) is 0 Å². The summed E-state index contributed by atoms with van der Waals surface area (Å²) in [5.74, 6) is 1.79. The second-order valence-corrected chi connectivity index (χ2v) is 12.2. The Labute approximate surface area is 269 Å². The highest BCUT2D eigenvalue weighted by Crippen LogP contribution is 2.31. The summed E-state index contributed by atoms with van der Waals surface area (Å²) in [4.78, 5) is 18.1. The first kappa shape index (κ1) is 31.4. The quantitative estimate of drug-likeness (QED) is 0.143. The van der Waals surface area contributed by atoms with E-state index in [0.717, 1.165) is 68.2 Å². The second-order valence-electron chi connectivity index (χ2n) is 12.2. The lowest BCUT2D eigenvalue weighted by molar-refractivity contribution is 0.116. The Balaban J connectivity index is 1.18. The van der Waals surface area contributed by atoms with Crippen LogP contribution in [-0.2, 0) is 13.6 Å². The van der Waals surface area contributed by atoms with Crippen LogP contribution in [0.25, 0.3) is 11.1 Å². The summed E-state index contributed by atoms with van der Waals surface area (Å²) in [5.41, 5.74) is 3.47. The molecule has 12 heteroatoms. The normalized spacial score (nSPS) is 20.6. The molecule has 0 bridgehead atoms. The zero-order valence-corrected chi connectivity index (χ0v) is 26.2. The van der Waals surface area contributed by atoms with Crippen LogP contribution in [0.4, 0.5) is 17.6 Å². The van der Waals surface area contributed by atoms with Crippen LogP contribution < -0.4 is 20.4 Å². The molecule has 1 saturated heterocycles. The molecule has 46 heavy (non-hydrogen) atoms. The molecule has 3 aromatic heterocycles. The van der Waals surface area contributed by atoms with Crippen molar-refractivity contribution in [2.24, 2.45) is 7.05 Å². The van der Waals surface area contributed by atoms with Crippen molar-refractivity contribution in [2.75, 3.05) is 28.3 Å². The highest BCUT2D eigenvalue weighted by Gasteiger charge is 2.31. The number of aliphatic hydroxyl groups is 2. The van der Waals surface area contributed by atoms with Gasteiger partial charge in [0, 0.05) is 55.7 Å². The van der Waals surface area contributed by atoms with Gasteiger partial charge in [0.25, 0.3) is 0 Å². The molecular formula is C34H42N10O2. The lowest BCUT2D eigenvalue weighted by atomic mass is 10.1. The number of benzene rings is 1. The van der Waals surface area contributed by atoms with E-state index in [1.807, 2.05) is 77.9 Å². The van der Waals surface area contributed by atoms with Crippen molar-refractivity contribution in [2.45, 2.75) is 76.0 Å². The van der Waals surface area contributed by atoms with Crippen LogP contribution in [0.3, 0.4) is 0 Å². The Morgan fingerprint density at radius 3 is 2.61 bits per heavy atom. The van der Waals surface area contributed by atoms with Crippen molar-refractivity contribution in [3.63, 3.8) is 0 Å². The molecule has 1 saturated carbocycles. The number of pyridine rings is 1. The van der Waals surface area contributed by atoms with Gasteiger partial charge in [0.15, 0.2) is 12.2 Å². The van der Waals surface area contributed by atoms with Gasteiger partial charge in [-0.1, -0.05) is 30.3 Å². The molecule has 0 spiro atoms. The van der Waals surface area contributed by atoms with Gasteiger partial charge in [0.1, 0.15) is 17.5 Å². The van der Waals surface area contributed by atoms with E-state index < -0.39 is 6.35 Å². The minimum absolute atomic E-state index is 0.0330. The molecule has 4 aromatic rings. The van der Waals surface area contributed by atoms with E-state index in [-0.39, 0.29) is 24.7 Å². The zero-order chi connectivity index (χ0) is 31.9.